The molecule has 6 nitrogen and oxygen atoms in total. The van der Waals surface area contributed by atoms with Gasteiger partial charge in [0.2, 0.25) is 10.0 Å². The monoisotopic (exact) mass is 351 g/mol. The van der Waals surface area contributed by atoms with E-state index in [4.69, 9.17) is 0 Å². The molecule has 1 atom stereocenters. The van der Waals surface area contributed by atoms with E-state index in [-0.39, 0.29) is 10.8 Å². The van der Waals surface area contributed by atoms with Gasteiger partial charge in [-0.3, -0.25) is 4.79 Å². The standard InChI is InChI=1S/C17H25N3O3S/c1-12(2)16(17(21)19-18-14-6-4-5-7-14)20-24(22,23)15-10-8-13(3)9-11-15/h8-12,16,20H,4-7H2,1-3H3,(H,19,21)/t16-/m1/s1. The summed E-state index contributed by atoms with van der Waals surface area (Å²) in [6, 6.07) is 5.65. The van der Waals surface area contributed by atoms with Gasteiger partial charge in [0, 0.05) is 5.71 Å². The zero-order chi connectivity index (χ0) is 17.7. The molecule has 7 heteroatoms. The summed E-state index contributed by atoms with van der Waals surface area (Å²) < 4.78 is 27.5. The van der Waals surface area contributed by atoms with Gasteiger partial charge in [0.1, 0.15) is 6.04 Å². The van der Waals surface area contributed by atoms with Crippen molar-refractivity contribution >= 4 is 21.6 Å². The minimum atomic E-state index is -3.76. The molecular weight excluding hydrogens is 326 g/mol. The highest BCUT2D eigenvalue weighted by Gasteiger charge is 2.28. The molecule has 132 valence electrons. The molecule has 0 saturated heterocycles. The zero-order valence-electron chi connectivity index (χ0n) is 14.4. The van der Waals surface area contributed by atoms with Crippen molar-refractivity contribution in [1.29, 1.82) is 0 Å². The molecule has 1 fully saturated rings. The number of hydrogen-bond donors (Lipinski definition) is 2. The summed E-state index contributed by atoms with van der Waals surface area (Å²) in [4.78, 5) is 12.5. The lowest BCUT2D eigenvalue weighted by atomic mass is 10.1. The number of hydrazone groups is 1. The number of aryl methyl sites for hydroxylation is 1. The third kappa shape index (κ3) is 4.88. The van der Waals surface area contributed by atoms with Crippen LogP contribution in [-0.4, -0.2) is 26.1 Å². The second kappa shape index (κ2) is 7.90. The SMILES string of the molecule is Cc1ccc(S(=O)(=O)N[C@@H](C(=O)NN=C2CCCC2)C(C)C)cc1. The van der Waals surface area contributed by atoms with Gasteiger partial charge in [-0.1, -0.05) is 31.5 Å². The molecular formula is C17H25N3O3S. The predicted octanol–water partition coefficient (Wildman–Crippen LogP) is 2.34. The normalized spacial score (nSPS) is 16.2. The molecule has 0 spiro atoms. The highest BCUT2D eigenvalue weighted by atomic mass is 32.2. The molecule has 0 radical (unpaired) electrons. The van der Waals surface area contributed by atoms with Crippen molar-refractivity contribution in [3.63, 3.8) is 0 Å². The van der Waals surface area contributed by atoms with E-state index >= 15 is 0 Å². The third-order valence-electron chi connectivity index (χ3n) is 4.07. The average molecular weight is 351 g/mol. The minimum absolute atomic E-state index is 0.147. The Morgan fingerprint density at radius 1 is 1.12 bits per heavy atom. The van der Waals surface area contributed by atoms with Gasteiger partial charge < -0.3 is 0 Å². The van der Waals surface area contributed by atoms with Crippen molar-refractivity contribution in [3.05, 3.63) is 29.8 Å². The van der Waals surface area contributed by atoms with Crippen molar-refractivity contribution in [2.45, 2.75) is 57.4 Å². The predicted molar refractivity (Wildman–Crippen MR) is 94.2 cm³/mol. The molecule has 1 aliphatic carbocycles. The topological polar surface area (TPSA) is 87.6 Å². The molecule has 1 saturated carbocycles. The number of sulfonamides is 1. The molecule has 1 aliphatic rings. The maximum Gasteiger partial charge on any atom is 0.258 e. The fraction of sp³-hybridized carbons (Fsp3) is 0.529. The summed E-state index contributed by atoms with van der Waals surface area (Å²) in [5.74, 6) is -0.630. The van der Waals surface area contributed by atoms with Crippen LogP contribution in [0, 0.1) is 12.8 Å². The molecule has 2 N–H and O–H groups in total. The minimum Gasteiger partial charge on any atom is -0.271 e. The molecule has 0 unspecified atom stereocenters. The summed E-state index contributed by atoms with van der Waals surface area (Å²) in [5, 5.41) is 4.12. The van der Waals surface area contributed by atoms with E-state index in [9.17, 15) is 13.2 Å². The second-order valence-electron chi connectivity index (χ2n) is 6.52. The van der Waals surface area contributed by atoms with Crippen LogP contribution in [-0.2, 0) is 14.8 Å². The number of amides is 1. The van der Waals surface area contributed by atoms with Crippen LogP contribution < -0.4 is 10.1 Å². The van der Waals surface area contributed by atoms with E-state index in [0.717, 1.165) is 37.0 Å². The molecule has 0 heterocycles. The Bertz CT molecular complexity index is 701. The van der Waals surface area contributed by atoms with Crippen LogP contribution in [0.3, 0.4) is 0 Å². The maximum absolute atomic E-state index is 12.5. The van der Waals surface area contributed by atoms with Crippen molar-refractivity contribution in [1.82, 2.24) is 10.1 Å². The Labute approximate surface area is 143 Å². The molecule has 1 aromatic rings. The summed E-state index contributed by atoms with van der Waals surface area (Å²) in [6.07, 6.45) is 3.95. The first-order chi connectivity index (χ1) is 11.3. The van der Waals surface area contributed by atoms with Crippen LogP contribution in [0.1, 0.15) is 45.1 Å². The maximum atomic E-state index is 12.5. The number of nitrogens with zero attached hydrogens (tertiary/aromatic N) is 1. The van der Waals surface area contributed by atoms with Gasteiger partial charge >= 0.3 is 0 Å². The van der Waals surface area contributed by atoms with E-state index in [2.05, 4.69) is 15.2 Å². The highest BCUT2D eigenvalue weighted by Crippen LogP contribution is 2.15. The van der Waals surface area contributed by atoms with Gasteiger partial charge in [-0.15, -0.1) is 0 Å². The number of carbonyl (C=O) groups excluding carboxylic acids is 1. The van der Waals surface area contributed by atoms with E-state index in [1.165, 1.54) is 12.1 Å². The Kier molecular flexibility index (Phi) is 6.12. The van der Waals surface area contributed by atoms with Gasteiger partial charge in [-0.2, -0.15) is 9.82 Å². The quantitative estimate of drug-likeness (QED) is 0.771. The molecule has 1 aromatic carbocycles. The Hall–Kier alpha value is -1.73. The van der Waals surface area contributed by atoms with E-state index < -0.39 is 22.0 Å². The van der Waals surface area contributed by atoms with Crippen molar-refractivity contribution in [2.75, 3.05) is 0 Å². The van der Waals surface area contributed by atoms with Crippen LogP contribution >= 0.6 is 0 Å². The van der Waals surface area contributed by atoms with Crippen LogP contribution in [0.5, 0.6) is 0 Å². The van der Waals surface area contributed by atoms with Gasteiger partial charge in [-0.05, 0) is 50.7 Å². The molecule has 1 amide bonds. The van der Waals surface area contributed by atoms with Crippen LogP contribution in [0.4, 0.5) is 0 Å². The van der Waals surface area contributed by atoms with Gasteiger partial charge in [0.15, 0.2) is 0 Å². The van der Waals surface area contributed by atoms with Crippen LogP contribution in [0.25, 0.3) is 0 Å². The first kappa shape index (κ1) is 18.6. The molecule has 0 aromatic heterocycles. The second-order valence-corrected chi connectivity index (χ2v) is 8.23. The molecule has 0 aliphatic heterocycles. The van der Waals surface area contributed by atoms with Gasteiger partial charge in [0.25, 0.3) is 5.91 Å². The van der Waals surface area contributed by atoms with Gasteiger partial charge in [-0.25, -0.2) is 13.8 Å². The lowest BCUT2D eigenvalue weighted by molar-refractivity contribution is -0.123. The van der Waals surface area contributed by atoms with Crippen molar-refractivity contribution < 1.29 is 13.2 Å². The number of nitrogens with one attached hydrogen (secondary N) is 2. The van der Waals surface area contributed by atoms with Crippen molar-refractivity contribution in [2.24, 2.45) is 11.0 Å². The third-order valence-corrected chi connectivity index (χ3v) is 5.52. The average Bonchev–Trinajstić information content (AvgIpc) is 3.04. The van der Waals surface area contributed by atoms with Crippen LogP contribution in [0.15, 0.2) is 34.3 Å². The van der Waals surface area contributed by atoms with E-state index in [1.54, 1.807) is 26.0 Å². The number of benzene rings is 1. The molecule has 2 rings (SSSR count). The largest absolute Gasteiger partial charge is 0.271 e. The summed E-state index contributed by atoms with van der Waals surface area (Å²) in [5.41, 5.74) is 4.45. The lowest BCUT2D eigenvalue weighted by Gasteiger charge is -2.20. The lowest BCUT2D eigenvalue weighted by Crippen LogP contribution is -2.48. The fourth-order valence-electron chi connectivity index (χ4n) is 2.54. The smallest absolute Gasteiger partial charge is 0.258 e. The summed E-state index contributed by atoms with van der Waals surface area (Å²) >= 11 is 0. The Morgan fingerprint density at radius 3 is 2.25 bits per heavy atom. The van der Waals surface area contributed by atoms with E-state index in [0.29, 0.717) is 0 Å². The number of hydrogen-bond acceptors (Lipinski definition) is 4. The molecule has 0 bridgehead atoms. The molecule has 24 heavy (non-hydrogen) atoms. The fourth-order valence-corrected chi connectivity index (χ4v) is 3.89. The zero-order valence-corrected chi connectivity index (χ0v) is 15.2. The van der Waals surface area contributed by atoms with Gasteiger partial charge in [0.05, 0.1) is 4.90 Å². The Morgan fingerprint density at radius 2 is 1.71 bits per heavy atom. The summed E-state index contributed by atoms with van der Waals surface area (Å²) in [6.45, 7) is 5.48. The highest BCUT2D eigenvalue weighted by molar-refractivity contribution is 7.89. The first-order valence-corrected chi connectivity index (χ1v) is 9.72. The Balaban J connectivity index is 2.10. The van der Waals surface area contributed by atoms with E-state index in [1.807, 2.05) is 6.92 Å². The number of rotatable bonds is 6. The summed E-state index contributed by atoms with van der Waals surface area (Å²) in [7, 11) is -3.76. The first-order valence-electron chi connectivity index (χ1n) is 8.24. The van der Waals surface area contributed by atoms with Crippen molar-refractivity contribution in [3.8, 4) is 0 Å². The van der Waals surface area contributed by atoms with Crippen LogP contribution in [0.2, 0.25) is 0 Å². The number of carbonyl (C=O) groups is 1.